The van der Waals surface area contributed by atoms with Gasteiger partial charge in [0.25, 0.3) is 11.1 Å². The van der Waals surface area contributed by atoms with Gasteiger partial charge in [-0.15, -0.1) is 5.10 Å². The molecule has 0 spiro atoms. The number of aromatic nitrogens is 6. The summed E-state index contributed by atoms with van der Waals surface area (Å²) in [5.41, 5.74) is 0.881. The predicted molar refractivity (Wildman–Crippen MR) is 117 cm³/mol. The average molecular weight is 431 g/mol. The van der Waals surface area contributed by atoms with Crippen LogP contribution in [-0.2, 0) is 11.3 Å². The molecule has 0 saturated heterocycles. The molecule has 1 amide bonds. The van der Waals surface area contributed by atoms with E-state index in [1.165, 1.54) is 27.6 Å². The lowest BCUT2D eigenvalue weighted by Crippen LogP contribution is -2.39. The average Bonchev–Trinajstić information content (AvgIpc) is 3.35. The highest BCUT2D eigenvalue weighted by Crippen LogP contribution is 2.13. The van der Waals surface area contributed by atoms with Crippen LogP contribution in [0.1, 0.15) is 13.0 Å². The lowest BCUT2D eigenvalue weighted by atomic mass is 10.1. The summed E-state index contributed by atoms with van der Waals surface area (Å²) < 4.78 is 3.90. The number of benzene rings is 1. The van der Waals surface area contributed by atoms with Crippen molar-refractivity contribution in [1.82, 2.24) is 34.7 Å². The van der Waals surface area contributed by atoms with Crippen molar-refractivity contribution < 1.29 is 4.79 Å². The highest BCUT2D eigenvalue weighted by molar-refractivity contribution is 5.79. The number of carbonyl (C=O) groups excluding carboxylic acids is 1. The molecule has 1 N–H and O–H groups in total. The number of nitrogens with one attached hydrogen (secondary N) is 1. The fraction of sp³-hybridized carbons (Fsp3) is 0.182. The van der Waals surface area contributed by atoms with Gasteiger partial charge in [-0.05, 0) is 25.1 Å². The van der Waals surface area contributed by atoms with Crippen LogP contribution in [0.25, 0.3) is 17.1 Å². The monoisotopic (exact) mass is 431 g/mol. The van der Waals surface area contributed by atoms with Gasteiger partial charge in [-0.2, -0.15) is 10.2 Å². The molecule has 32 heavy (non-hydrogen) atoms. The Morgan fingerprint density at radius 1 is 0.969 bits per heavy atom. The van der Waals surface area contributed by atoms with Gasteiger partial charge >= 0.3 is 0 Å². The molecule has 0 aliphatic rings. The lowest BCUT2D eigenvalue weighted by Gasteiger charge is -2.15. The SMILES string of the molecule is C[C@H](C(=O)NCCn1nc(-c2ccccc2)ccc1=O)n1nc(-n2cccn2)ccc1=O. The molecule has 3 heterocycles. The van der Waals surface area contributed by atoms with Crippen LogP contribution in [0, 0.1) is 0 Å². The highest BCUT2D eigenvalue weighted by Gasteiger charge is 2.18. The molecular formula is C22H21N7O3. The van der Waals surface area contributed by atoms with Crippen molar-refractivity contribution in [3.05, 3.63) is 93.8 Å². The molecule has 0 bridgehead atoms. The van der Waals surface area contributed by atoms with Crippen molar-refractivity contribution in [2.24, 2.45) is 0 Å². The Labute approximate surface area is 182 Å². The van der Waals surface area contributed by atoms with Crippen LogP contribution in [0.2, 0.25) is 0 Å². The molecule has 0 radical (unpaired) electrons. The standard InChI is InChI=1S/C22H21N7O3/c1-16(29-21(31)11-9-19(26-29)27-14-5-12-24-27)22(32)23-13-15-28-20(30)10-8-18(25-28)17-6-3-2-4-7-17/h2-12,14,16H,13,15H2,1H3,(H,23,32)/t16-/m1/s1. The third-order valence-corrected chi connectivity index (χ3v) is 4.86. The molecule has 0 aliphatic carbocycles. The summed E-state index contributed by atoms with van der Waals surface area (Å²) in [7, 11) is 0. The summed E-state index contributed by atoms with van der Waals surface area (Å²) in [6, 6.07) is 16.4. The van der Waals surface area contributed by atoms with Gasteiger partial charge in [0.2, 0.25) is 5.91 Å². The van der Waals surface area contributed by atoms with Crippen LogP contribution >= 0.6 is 0 Å². The summed E-state index contributed by atoms with van der Waals surface area (Å²) in [4.78, 5) is 37.0. The molecule has 1 atom stereocenters. The maximum atomic E-state index is 12.6. The zero-order valence-electron chi connectivity index (χ0n) is 17.3. The Balaban J connectivity index is 1.43. The van der Waals surface area contributed by atoms with Crippen molar-refractivity contribution in [3.63, 3.8) is 0 Å². The zero-order valence-corrected chi connectivity index (χ0v) is 17.3. The molecule has 0 unspecified atom stereocenters. The molecule has 0 fully saturated rings. The molecule has 4 rings (SSSR count). The Morgan fingerprint density at radius 3 is 2.50 bits per heavy atom. The molecule has 1 aromatic carbocycles. The van der Waals surface area contributed by atoms with Crippen LogP contribution in [-0.4, -0.2) is 41.8 Å². The maximum absolute atomic E-state index is 12.6. The van der Waals surface area contributed by atoms with Gasteiger partial charge in [0.1, 0.15) is 6.04 Å². The number of amides is 1. The topological polar surface area (TPSA) is 117 Å². The first-order valence-electron chi connectivity index (χ1n) is 10.0. The van der Waals surface area contributed by atoms with Gasteiger partial charge in [-0.1, -0.05) is 30.3 Å². The van der Waals surface area contributed by atoms with Crippen molar-refractivity contribution >= 4 is 5.91 Å². The van der Waals surface area contributed by atoms with E-state index >= 15 is 0 Å². The molecule has 10 heteroatoms. The Bertz CT molecular complexity index is 1330. The first kappa shape index (κ1) is 20.9. The van der Waals surface area contributed by atoms with Gasteiger partial charge in [0, 0.05) is 36.6 Å². The number of hydrogen-bond acceptors (Lipinski definition) is 6. The number of nitrogens with zero attached hydrogens (tertiary/aromatic N) is 6. The third kappa shape index (κ3) is 4.53. The van der Waals surface area contributed by atoms with Gasteiger partial charge < -0.3 is 5.32 Å². The maximum Gasteiger partial charge on any atom is 0.267 e. The minimum absolute atomic E-state index is 0.169. The summed E-state index contributed by atoms with van der Waals surface area (Å²) in [6.45, 7) is 1.94. The highest BCUT2D eigenvalue weighted by atomic mass is 16.2. The number of hydrogen-bond donors (Lipinski definition) is 1. The quantitative estimate of drug-likeness (QED) is 0.467. The Morgan fingerprint density at radius 2 is 1.75 bits per heavy atom. The fourth-order valence-electron chi connectivity index (χ4n) is 3.13. The van der Waals surface area contributed by atoms with Gasteiger partial charge in [0.05, 0.1) is 12.2 Å². The minimum atomic E-state index is -0.849. The molecule has 4 aromatic rings. The van der Waals surface area contributed by atoms with E-state index < -0.39 is 17.5 Å². The lowest BCUT2D eigenvalue weighted by molar-refractivity contribution is -0.124. The van der Waals surface area contributed by atoms with Gasteiger partial charge in [-0.3, -0.25) is 14.4 Å². The normalized spacial score (nSPS) is 11.8. The summed E-state index contributed by atoms with van der Waals surface area (Å²) in [6.07, 6.45) is 3.28. The molecule has 10 nitrogen and oxygen atoms in total. The van der Waals surface area contributed by atoms with E-state index in [9.17, 15) is 14.4 Å². The van der Waals surface area contributed by atoms with Crippen LogP contribution in [0.3, 0.4) is 0 Å². The fourth-order valence-corrected chi connectivity index (χ4v) is 3.13. The van der Waals surface area contributed by atoms with E-state index in [4.69, 9.17) is 0 Å². The third-order valence-electron chi connectivity index (χ3n) is 4.86. The largest absolute Gasteiger partial charge is 0.352 e. The van der Waals surface area contributed by atoms with Gasteiger partial charge in [0.15, 0.2) is 5.82 Å². The van der Waals surface area contributed by atoms with E-state index in [-0.39, 0.29) is 18.6 Å². The molecule has 3 aromatic heterocycles. The molecular weight excluding hydrogens is 410 g/mol. The van der Waals surface area contributed by atoms with E-state index in [0.717, 1.165) is 10.2 Å². The molecule has 0 saturated carbocycles. The van der Waals surface area contributed by atoms with Crippen molar-refractivity contribution in [3.8, 4) is 17.1 Å². The summed E-state index contributed by atoms with van der Waals surface area (Å²) in [5, 5.41) is 15.4. The van der Waals surface area contributed by atoms with Crippen molar-refractivity contribution in [1.29, 1.82) is 0 Å². The van der Waals surface area contributed by atoms with Crippen LogP contribution in [0.5, 0.6) is 0 Å². The first-order valence-corrected chi connectivity index (χ1v) is 10.0. The van der Waals surface area contributed by atoms with Crippen LogP contribution < -0.4 is 16.4 Å². The van der Waals surface area contributed by atoms with Crippen LogP contribution in [0.4, 0.5) is 0 Å². The molecule has 0 aliphatic heterocycles. The summed E-state index contributed by atoms with van der Waals surface area (Å²) >= 11 is 0. The predicted octanol–water partition coefficient (Wildman–Crippen LogP) is 1.03. The van der Waals surface area contributed by atoms with Crippen molar-refractivity contribution in [2.75, 3.05) is 6.54 Å². The van der Waals surface area contributed by atoms with E-state index in [1.807, 2.05) is 30.3 Å². The van der Waals surface area contributed by atoms with Crippen molar-refractivity contribution in [2.45, 2.75) is 19.5 Å². The van der Waals surface area contributed by atoms with E-state index in [0.29, 0.717) is 11.5 Å². The second-order valence-electron chi connectivity index (χ2n) is 7.04. The smallest absolute Gasteiger partial charge is 0.267 e. The second-order valence-corrected chi connectivity index (χ2v) is 7.04. The number of rotatable bonds is 7. The van der Waals surface area contributed by atoms with E-state index in [2.05, 4.69) is 20.6 Å². The minimum Gasteiger partial charge on any atom is -0.352 e. The Hall–Kier alpha value is -4.34. The summed E-state index contributed by atoms with van der Waals surface area (Å²) in [5.74, 6) is 0.0206. The second kappa shape index (κ2) is 9.21. The first-order chi connectivity index (χ1) is 15.5. The Kier molecular flexibility index (Phi) is 6.02. The van der Waals surface area contributed by atoms with E-state index in [1.54, 1.807) is 31.5 Å². The zero-order chi connectivity index (χ0) is 22.5. The molecule has 162 valence electrons. The van der Waals surface area contributed by atoms with Gasteiger partial charge in [-0.25, -0.2) is 14.0 Å². The number of carbonyl (C=O) groups is 1. The van der Waals surface area contributed by atoms with Crippen LogP contribution in [0.15, 0.2) is 82.6 Å².